The van der Waals surface area contributed by atoms with Crippen molar-refractivity contribution in [1.82, 2.24) is 29.9 Å². The van der Waals surface area contributed by atoms with Gasteiger partial charge in [-0.15, -0.1) is 21.6 Å². The van der Waals surface area contributed by atoms with Gasteiger partial charge in [-0.05, 0) is 48.6 Å². The molecule has 0 unspecified atom stereocenters. The number of nitrogens with zero attached hydrogens (tertiary/aromatic N) is 5. The van der Waals surface area contributed by atoms with Gasteiger partial charge in [0.05, 0.1) is 31.0 Å². The number of thioether (sulfide) groups is 1. The normalized spacial score (nSPS) is 10.1. The van der Waals surface area contributed by atoms with Crippen LogP contribution in [0.1, 0.15) is 0 Å². The SMILES string of the molecule is COc1ccc(NC(=O)CCl)cc1O.[C-]#[N+]c1cc2[nH]c(=S)[nH]c2cn1.[C-]#[N+]c1cc2nc(SCC(=O)Nc3ccc(OC)c(O)c3)[nH]c2cn1. The van der Waals surface area contributed by atoms with E-state index in [9.17, 15) is 19.8 Å². The molecular weight excluding hydrogens is 720 g/mol. The van der Waals surface area contributed by atoms with E-state index in [0.29, 0.717) is 49.7 Å². The largest absolute Gasteiger partial charge is 0.504 e. The molecule has 0 saturated heterocycles. The van der Waals surface area contributed by atoms with Crippen LogP contribution in [0, 0.1) is 17.9 Å². The summed E-state index contributed by atoms with van der Waals surface area (Å²) in [7, 11) is 2.90. The summed E-state index contributed by atoms with van der Waals surface area (Å²) < 4.78 is 10.3. The van der Waals surface area contributed by atoms with Gasteiger partial charge < -0.3 is 55.0 Å². The van der Waals surface area contributed by atoms with Gasteiger partial charge in [0.2, 0.25) is 11.8 Å². The number of aromatic amines is 3. The molecule has 4 aromatic heterocycles. The number of amides is 2. The molecule has 0 saturated carbocycles. The molecule has 0 aliphatic carbocycles. The first kappa shape index (κ1) is 37.5. The molecule has 2 amide bonds. The minimum absolute atomic E-state index is 0.0279. The number of nitrogens with one attached hydrogen (secondary N) is 5. The Balaban J connectivity index is 0.000000189. The number of carbonyl (C=O) groups is 2. The number of halogens is 1. The predicted octanol–water partition coefficient (Wildman–Crippen LogP) is 6.70. The first-order valence-electron chi connectivity index (χ1n) is 14.3. The van der Waals surface area contributed by atoms with Gasteiger partial charge in [0.15, 0.2) is 32.9 Å². The summed E-state index contributed by atoms with van der Waals surface area (Å²) in [5.41, 5.74) is 3.93. The highest BCUT2D eigenvalue weighted by molar-refractivity contribution is 7.99. The average Bonchev–Trinajstić information content (AvgIpc) is 3.72. The van der Waals surface area contributed by atoms with Crippen LogP contribution >= 0.6 is 35.6 Å². The molecule has 19 heteroatoms. The number of phenolic OH excluding ortho intramolecular Hbond substituents is 2. The lowest BCUT2D eigenvalue weighted by Crippen LogP contribution is -2.14. The second kappa shape index (κ2) is 17.9. The Hall–Kier alpha value is -6.34. The first-order chi connectivity index (χ1) is 24.5. The smallest absolute Gasteiger partial charge is 0.271 e. The van der Waals surface area contributed by atoms with Crippen LogP contribution in [0.5, 0.6) is 23.0 Å². The molecule has 0 fully saturated rings. The van der Waals surface area contributed by atoms with Crippen LogP contribution in [-0.2, 0) is 9.59 Å². The van der Waals surface area contributed by atoms with Crippen molar-refractivity contribution in [2.75, 3.05) is 36.5 Å². The van der Waals surface area contributed by atoms with Crippen molar-refractivity contribution < 1.29 is 29.3 Å². The van der Waals surface area contributed by atoms with Crippen LogP contribution in [-0.4, -0.2) is 77.8 Å². The molecule has 7 N–H and O–H groups in total. The summed E-state index contributed by atoms with van der Waals surface area (Å²) in [6.07, 6.45) is 3.13. The lowest BCUT2D eigenvalue weighted by atomic mass is 10.3. The number of hydrogen-bond acceptors (Lipinski definition) is 11. The second-order valence-electron chi connectivity index (χ2n) is 9.78. The lowest BCUT2D eigenvalue weighted by molar-refractivity contribution is -0.114. The molecule has 6 aromatic rings. The number of rotatable bonds is 8. The highest BCUT2D eigenvalue weighted by Crippen LogP contribution is 2.30. The third-order valence-corrected chi connectivity index (χ3v) is 7.65. The molecule has 260 valence electrons. The van der Waals surface area contributed by atoms with Crippen molar-refractivity contribution in [3.63, 3.8) is 0 Å². The summed E-state index contributed by atoms with van der Waals surface area (Å²) in [5, 5.41) is 24.8. The number of aromatic nitrogens is 6. The lowest BCUT2D eigenvalue weighted by Gasteiger charge is -2.07. The summed E-state index contributed by atoms with van der Waals surface area (Å²) in [6, 6.07) is 12.4. The zero-order chi connectivity index (χ0) is 36.9. The van der Waals surface area contributed by atoms with Gasteiger partial charge in [-0.3, -0.25) is 9.59 Å². The van der Waals surface area contributed by atoms with E-state index in [1.54, 1.807) is 48.8 Å². The number of methoxy groups -OCH3 is 2. The standard InChI is InChI=1S/C16H13N5O3S.C9H10ClNO3.C7H4N4S/c1-17-14-6-10-11(7-18-14)21-16(20-10)25-8-15(23)19-9-3-4-13(24-2)12(22)5-9;1-14-8-3-2-6(4-7(8)12)11-9(13)5-10;1-8-6-2-4-5(3-9-6)11-7(12)10-4/h3-7,22H,8H2,2H3,(H,19,23)(H,20,21);2-4,12H,5H2,1H3,(H,11,13);2-3H,(H2,10,11,12). The van der Waals surface area contributed by atoms with Crippen LogP contribution in [0.15, 0.2) is 66.1 Å². The van der Waals surface area contributed by atoms with Gasteiger partial charge >= 0.3 is 0 Å². The molecule has 6 rings (SSSR count). The van der Waals surface area contributed by atoms with Gasteiger partial charge in [-0.2, -0.15) is 0 Å². The number of alkyl halides is 1. The molecule has 2 aromatic carbocycles. The molecule has 0 atom stereocenters. The van der Waals surface area contributed by atoms with Crippen LogP contribution in [0.4, 0.5) is 23.0 Å². The number of ether oxygens (including phenoxy) is 2. The number of aromatic hydroxyl groups is 2. The van der Waals surface area contributed by atoms with Crippen molar-refractivity contribution in [1.29, 1.82) is 0 Å². The van der Waals surface area contributed by atoms with Gasteiger partial charge in [0, 0.05) is 23.5 Å². The molecule has 0 spiro atoms. The minimum atomic E-state index is -0.323. The van der Waals surface area contributed by atoms with E-state index < -0.39 is 0 Å². The fraction of sp³-hybridized carbons (Fsp3) is 0.125. The fourth-order valence-electron chi connectivity index (χ4n) is 4.05. The number of anilines is 2. The molecule has 0 aliphatic heterocycles. The van der Waals surface area contributed by atoms with Gasteiger partial charge in [0.1, 0.15) is 29.3 Å². The quantitative estimate of drug-likeness (QED) is 0.0377. The maximum absolute atomic E-state index is 12.0. The van der Waals surface area contributed by atoms with Crippen molar-refractivity contribution in [2.24, 2.45) is 0 Å². The summed E-state index contributed by atoms with van der Waals surface area (Å²) in [5.74, 6) is 0.707. The van der Waals surface area contributed by atoms with E-state index in [4.69, 9.17) is 46.4 Å². The van der Waals surface area contributed by atoms with Gasteiger partial charge in [0.25, 0.3) is 11.6 Å². The molecule has 0 bridgehead atoms. The summed E-state index contributed by atoms with van der Waals surface area (Å²) in [4.78, 5) is 50.4. The van der Waals surface area contributed by atoms with Gasteiger partial charge in [-0.1, -0.05) is 24.9 Å². The molecular formula is C32H27ClN10O6S2. The Morgan fingerprint density at radius 3 is 1.94 bits per heavy atom. The Morgan fingerprint density at radius 1 is 0.843 bits per heavy atom. The van der Waals surface area contributed by atoms with Crippen LogP contribution in [0.2, 0.25) is 0 Å². The Bertz CT molecular complexity index is 2330. The monoisotopic (exact) mass is 746 g/mol. The Morgan fingerprint density at radius 2 is 1.39 bits per heavy atom. The predicted molar refractivity (Wildman–Crippen MR) is 196 cm³/mol. The molecule has 4 heterocycles. The number of pyridine rings is 2. The highest BCUT2D eigenvalue weighted by Gasteiger charge is 2.11. The van der Waals surface area contributed by atoms with E-state index in [-0.39, 0.29) is 40.8 Å². The van der Waals surface area contributed by atoms with E-state index in [0.717, 1.165) is 11.0 Å². The maximum atomic E-state index is 12.0. The second-order valence-corrected chi connectivity index (χ2v) is 11.4. The Kier molecular flexibility index (Phi) is 13.1. The topological polar surface area (TPSA) is 212 Å². The maximum Gasteiger partial charge on any atom is 0.271 e. The third-order valence-electron chi connectivity index (χ3n) is 6.33. The minimum Gasteiger partial charge on any atom is -0.504 e. The number of imidazole rings is 2. The number of H-pyrrole nitrogens is 3. The average molecular weight is 747 g/mol. The van der Waals surface area contributed by atoms with E-state index in [1.807, 2.05) is 0 Å². The number of carbonyl (C=O) groups excluding carboxylic acids is 2. The first-order valence-corrected chi connectivity index (χ1v) is 16.2. The zero-order valence-corrected chi connectivity index (χ0v) is 29.0. The fourth-order valence-corrected chi connectivity index (χ4v) is 5.02. The van der Waals surface area contributed by atoms with E-state index >= 15 is 0 Å². The van der Waals surface area contributed by atoms with Crippen molar-refractivity contribution >= 4 is 92.5 Å². The summed E-state index contributed by atoms with van der Waals surface area (Å²) >= 11 is 11.4. The highest BCUT2D eigenvalue weighted by atomic mass is 35.5. The number of benzene rings is 2. The molecule has 0 radical (unpaired) electrons. The number of hydrogen-bond donors (Lipinski definition) is 7. The van der Waals surface area contributed by atoms with Crippen LogP contribution < -0.4 is 20.1 Å². The zero-order valence-electron chi connectivity index (χ0n) is 26.6. The Labute approximate surface area is 303 Å². The van der Waals surface area contributed by atoms with Gasteiger partial charge in [-0.25, -0.2) is 4.98 Å². The van der Waals surface area contributed by atoms with Crippen LogP contribution in [0.3, 0.4) is 0 Å². The third kappa shape index (κ3) is 10.6. The number of phenols is 2. The number of fused-ring (bicyclic) bond motifs is 2. The molecule has 0 aliphatic rings. The van der Waals surface area contributed by atoms with Crippen molar-refractivity contribution in [2.45, 2.75) is 5.16 Å². The summed E-state index contributed by atoms with van der Waals surface area (Å²) in [6.45, 7) is 13.7. The molecule has 16 nitrogen and oxygen atoms in total. The van der Waals surface area contributed by atoms with Crippen molar-refractivity contribution in [3.8, 4) is 23.0 Å². The van der Waals surface area contributed by atoms with E-state index in [2.05, 4.69) is 50.2 Å². The van der Waals surface area contributed by atoms with E-state index in [1.165, 1.54) is 38.1 Å². The van der Waals surface area contributed by atoms with Crippen LogP contribution in [0.25, 0.3) is 31.8 Å². The molecule has 51 heavy (non-hydrogen) atoms. The van der Waals surface area contributed by atoms with Crippen molar-refractivity contribution in [3.05, 3.63) is 88.5 Å².